The Labute approximate surface area is 136 Å². The van der Waals surface area contributed by atoms with E-state index in [1.165, 1.54) is 0 Å². The number of carbonyl (C=O) groups is 1. The molecule has 6 nitrogen and oxygen atoms in total. The number of anilines is 1. The fourth-order valence-electron chi connectivity index (χ4n) is 2.52. The molecule has 122 valence electrons. The highest BCUT2D eigenvalue weighted by Crippen LogP contribution is 2.23. The number of aromatic nitrogens is 2. The molecule has 0 radical (unpaired) electrons. The van der Waals surface area contributed by atoms with Gasteiger partial charge < -0.3 is 15.0 Å². The molecule has 0 aromatic carbocycles. The van der Waals surface area contributed by atoms with Crippen LogP contribution in [0.3, 0.4) is 0 Å². The number of alkyl carbamates (subject to hydrolysis) is 1. The molecule has 0 bridgehead atoms. The van der Waals surface area contributed by atoms with Crippen molar-refractivity contribution in [1.82, 2.24) is 15.3 Å². The summed E-state index contributed by atoms with van der Waals surface area (Å²) >= 11 is 5.87. The lowest BCUT2D eigenvalue weighted by molar-refractivity contribution is 0.0523. The molecule has 0 saturated carbocycles. The number of hydrogen-bond acceptors (Lipinski definition) is 5. The molecule has 1 saturated heterocycles. The third-order valence-electron chi connectivity index (χ3n) is 3.41. The largest absolute Gasteiger partial charge is 0.444 e. The zero-order valence-corrected chi connectivity index (χ0v) is 14.1. The van der Waals surface area contributed by atoms with Gasteiger partial charge in [0.1, 0.15) is 11.4 Å². The first kappa shape index (κ1) is 16.8. The van der Waals surface area contributed by atoms with Gasteiger partial charge in [0.15, 0.2) is 0 Å². The van der Waals surface area contributed by atoms with Gasteiger partial charge in [-0.3, -0.25) is 0 Å². The molecule has 1 aromatic rings. The minimum Gasteiger partial charge on any atom is -0.444 e. The van der Waals surface area contributed by atoms with Gasteiger partial charge in [-0.05, 0) is 57.7 Å². The molecule has 1 fully saturated rings. The summed E-state index contributed by atoms with van der Waals surface area (Å²) in [6, 6.07) is 2.03. The monoisotopic (exact) mass is 326 g/mol. The molecule has 1 amide bonds. The van der Waals surface area contributed by atoms with Crippen LogP contribution in [0.4, 0.5) is 10.6 Å². The molecule has 0 spiro atoms. The molecule has 0 unspecified atom stereocenters. The van der Waals surface area contributed by atoms with Crippen LogP contribution in [0.25, 0.3) is 0 Å². The maximum absolute atomic E-state index is 11.8. The van der Waals surface area contributed by atoms with E-state index in [4.69, 9.17) is 16.3 Å². The summed E-state index contributed by atoms with van der Waals surface area (Å²) in [7, 11) is 0. The molecule has 22 heavy (non-hydrogen) atoms. The number of piperidine rings is 1. The molecule has 7 heteroatoms. The first-order valence-corrected chi connectivity index (χ1v) is 7.95. The number of rotatable bonds is 3. The Morgan fingerprint density at radius 3 is 2.95 bits per heavy atom. The molecule has 1 aromatic heterocycles. The van der Waals surface area contributed by atoms with Crippen molar-refractivity contribution in [2.24, 2.45) is 0 Å². The summed E-state index contributed by atoms with van der Waals surface area (Å²) in [6.07, 6.45) is 4.49. The first-order valence-electron chi connectivity index (χ1n) is 7.57. The molecule has 1 N–H and O–H groups in total. The molecule has 1 aliphatic heterocycles. The second kappa shape index (κ2) is 7.13. The van der Waals surface area contributed by atoms with Crippen LogP contribution in [-0.2, 0) is 4.74 Å². The lowest BCUT2D eigenvalue weighted by Crippen LogP contribution is -2.48. The topological polar surface area (TPSA) is 67.3 Å². The molecule has 2 rings (SSSR count). The van der Waals surface area contributed by atoms with Crippen LogP contribution in [-0.4, -0.2) is 40.8 Å². The number of ether oxygens (including phenoxy) is 1. The van der Waals surface area contributed by atoms with Gasteiger partial charge in [0.25, 0.3) is 0 Å². The minimum absolute atomic E-state index is 0.187. The van der Waals surface area contributed by atoms with Crippen LogP contribution < -0.4 is 10.2 Å². The lowest BCUT2D eigenvalue weighted by Gasteiger charge is -2.36. The quantitative estimate of drug-likeness (QED) is 0.865. The Morgan fingerprint density at radius 2 is 2.27 bits per heavy atom. The van der Waals surface area contributed by atoms with Crippen molar-refractivity contribution in [3.05, 3.63) is 17.5 Å². The summed E-state index contributed by atoms with van der Waals surface area (Å²) in [5.74, 6) is 0.802. The van der Waals surface area contributed by atoms with Crippen LogP contribution in [0.5, 0.6) is 0 Å². The van der Waals surface area contributed by atoms with E-state index in [1.807, 2.05) is 26.8 Å². The van der Waals surface area contributed by atoms with Crippen LogP contribution in [0.15, 0.2) is 12.3 Å². The van der Waals surface area contributed by atoms with E-state index < -0.39 is 11.7 Å². The van der Waals surface area contributed by atoms with E-state index in [9.17, 15) is 4.79 Å². The van der Waals surface area contributed by atoms with Crippen molar-refractivity contribution in [2.75, 3.05) is 18.0 Å². The van der Waals surface area contributed by atoms with E-state index in [0.29, 0.717) is 6.54 Å². The predicted octanol–water partition coefficient (Wildman–Crippen LogP) is 3.01. The van der Waals surface area contributed by atoms with E-state index >= 15 is 0 Å². The normalized spacial score (nSPS) is 18.9. The number of nitrogens with zero attached hydrogens (tertiary/aromatic N) is 3. The maximum atomic E-state index is 11.8. The highest BCUT2D eigenvalue weighted by Gasteiger charge is 2.25. The van der Waals surface area contributed by atoms with Gasteiger partial charge in [-0.25, -0.2) is 14.8 Å². The first-order chi connectivity index (χ1) is 10.3. The van der Waals surface area contributed by atoms with Crippen molar-refractivity contribution in [3.8, 4) is 0 Å². The molecule has 2 heterocycles. The van der Waals surface area contributed by atoms with Gasteiger partial charge in [-0.15, -0.1) is 0 Å². The fraction of sp³-hybridized carbons (Fsp3) is 0.667. The third-order valence-corrected chi connectivity index (χ3v) is 3.60. The highest BCUT2D eigenvalue weighted by atomic mass is 35.5. The molecule has 0 aliphatic carbocycles. The molecular formula is C15H23ClN4O2. The van der Waals surface area contributed by atoms with Gasteiger partial charge in [0.2, 0.25) is 5.28 Å². The van der Waals surface area contributed by atoms with Crippen LogP contribution in [0.1, 0.15) is 40.0 Å². The molecule has 1 aliphatic rings. The number of nitrogens with one attached hydrogen (secondary N) is 1. The van der Waals surface area contributed by atoms with Gasteiger partial charge in [-0.2, -0.15) is 0 Å². The van der Waals surface area contributed by atoms with Gasteiger partial charge in [0.05, 0.1) is 0 Å². The zero-order valence-electron chi connectivity index (χ0n) is 13.3. The van der Waals surface area contributed by atoms with Crippen LogP contribution >= 0.6 is 11.6 Å². The summed E-state index contributed by atoms with van der Waals surface area (Å²) in [6.45, 7) is 6.97. The van der Waals surface area contributed by atoms with Crippen LogP contribution in [0.2, 0.25) is 5.28 Å². The summed E-state index contributed by atoms with van der Waals surface area (Å²) in [5.41, 5.74) is -0.490. The third kappa shape index (κ3) is 5.02. The number of amides is 1. The SMILES string of the molecule is CC(C)(C)OC(=O)NC[C@H]1CCCCN1c1ccnc(Cl)n1. The summed E-state index contributed by atoms with van der Waals surface area (Å²) in [5, 5.41) is 3.08. The van der Waals surface area contributed by atoms with Crippen LogP contribution in [0, 0.1) is 0 Å². The predicted molar refractivity (Wildman–Crippen MR) is 86.3 cm³/mol. The van der Waals surface area contributed by atoms with Gasteiger partial charge >= 0.3 is 6.09 Å². The number of halogens is 1. The number of hydrogen-bond donors (Lipinski definition) is 1. The summed E-state index contributed by atoms with van der Waals surface area (Å²) < 4.78 is 5.27. The van der Waals surface area contributed by atoms with Gasteiger partial charge in [0, 0.05) is 25.3 Å². The number of carbonyl (C=O) groups excluding carboxylic acids is 1. The van der Waals surface area contributed by atoms with E-state index in [-0.39, 0.29) is 11.3 Å². The Kier molecular flexibility index (Phi) is 5.45. The molecule has 1 atom stereocenters. The van der Waals surface area contributed by atoms with Gasteiger partial charge in [-0.1, -0.05) is 0 Å². The van der Waals surface area contributed by atoms with Crippen molar-refractivity contribution < 1.29 is 9.53 Å². The highest BCUT2D eigenvalue weighted by molar-refractivity contribution is 6.28. The van der Waals surface area contributed by atoms with E-state index in [2.05, 4.69) is 20.2 Å². The second-order valence-electron chi connectivity index (χ2n) is 6.41. The van der Waals surface area contributed by atoms with Crippen molar-refractivity contribution in [2.45, 2.75) is 51.7 Å². The minimum atomic E-state index is -0.490. The molecular weight excluding hydrogens is 304 g/mol. The Hall–Kier alpha value is -1.56. The van der Waals surface area contributed by atoms with Crippen molar-refractivity contribution in [1.29, 1.82) is 0 Å². The maximum Gasteiger partial charge on any atom is 0.407 e. The summed E-state index contributed by atoms with van der Waals surface area (Å²) in [4.78, 5) is 22.2. The fourth-order valence-corrected chi connectivity index (χ4v) is 2.66. The standard InChI is InChI=1S/C15H23ClN4O2/c1-15(2,3)22-14(21)18-10-11-6-4-5-9-20(11)12-7-8-17-13(16)19-12/h7-8,11H,4-6,9-10H2,1-3H3,(H,18,21)/t11-/m1/s1. The Bertz CT molecular complexity index is 519. The smallest absolute Gasteiger partial charge is 0.407 e. The average Bonchev–Trinajstić information content (AvgIpc) is 2.44. The van der Waals surface area contributed by atoms with E-state index in [1.54, 1.807) is 6.20 Å². The Balaban J connectivity index is 1.97. The Morgan fingerprint density at radius 1 is 1.50 bits per heavy atom. The average molecular weight is 327 g/mol. The lowest BCUT2D eigenvalue weighted by atomic mass is 10.0. The van der Waals surface area contributed by atoms with E-state index in [0.717, 1.165) is 31.6 Å². The van der Waals surface area contributed by atoms with Crippen molar-refractivity contribution >= 4 is 23.5 Å². The zero-order chi connectivity index (χ0) is 16.2. The van der Waals surface area contributed by atoms with Crippen molar-refractivity contribution in [3.63, 3.8) is 0 Å². The second-order valence-corrected chi connectivity index (χ2v) is 6.75.